The third-order valence-electron chi connectivity index (χ3n) is 3.27. The van der Waals surface area contributed by atoms with E-state index in [1.54, 1.807) is 0 Å². The van der Waals surface area contributed by atoms with Crippen molar-refractivity contribution in [3.63, 3.8) is 0 Å². The third-order valence-corrected chi connectivity index (χ3v) is 3.52. The summed E-state index contributed by atoms with van der Waals surface area (Å²) in [7, 11) is 0. The molecule has 2 rings (SSSR count). The first kappa shape index (κ1) is 11.0. The number of benzene rings is 1. The normalized spacial score (nSPS) is 25.7. The maximum absolute atomic E-state index is 5.88. The van der Waals surface area contributed by atoms with Gasteiger partial charge in [-0.15, -0.1) is 0 Å². The van der Waals surface area contributed by atoms with Crippen molar-refractivity contribution in [1.29, 1.82) is 0 Å². The molecule has 0 aliphatic heterocycles. The molecule has 1 N–H and O–H groups in total. The van der Waals surface area contributed by atoms with Crippen LogP contribution in [0.15, 0.2) is 24.3 Å². The van der Waals surface area contributed by atoms with E-state index in [1.807, 2.05) is 12.1 Å². The van der Waals surface area contributed by atoms with E-state index in [0.717, 1.165) is 23.5 Å². The smallest absolute Gasteiger partial charge is 0.0406 e. The van der Waals surface area contributed by atoms with Crippen LogP contribution in [0.5, 0.6) is 0 Å². The van der Waals surface area contributed by atoms with Gasteiger partial charge in [-0.3, -0.25) is 0 Å². The molecular formula is C13H18ClN. The van der Waals surface area contributed by atoms with Crippen LogP contribution in [0.25, 0.3) is 0 Å². The molecule has 0 amide bonds. The van der Waals surface area contributed by atoms with Gasteiger partial charge in [0.05, 0.1) is 0 Å². The molecule has 0 heterocycles. The topological polar surface area (TPSA) is 12.0 Å². The van der Waals surface area contributed by atoms with Gasteiger partial charge in [-0.2, -0.15) is 0 Å². The van der Waals surface area contributed by atoms with Crippen molar-refractivity contribution in [3.8, 4) is 0 Å². The summed E-state index contributed by atoms with van der Waals surface area (Å²) in [5.41, 5.74) is 1.44. The summed E-state index contributed by atoms with van der Waals surface area (Å²) in [6.45, 7) is 3.26. The van der Waals surface area contributed by atoms with Crippen molar-refractivity contribution in [2.45, 2.75) is 38.1 Å². The highest BCUT2D eigenvalue weighted by Gasteiger charge is 2.24. The number of hydrogen-bond acceptors (Lipinski definition) is 1. The van der Waals surface area contributed by atoms with Crippen LogP contribution in [-0.2, 0) is 0 Å². The Morgan fingerprint density at radius 1 is 1.27 bits per heavy atom. The fourth-order valence-electron chi connectivity index (χ4n) is 2.49. The molecule has 1 aromatic rings. The standard InChI is InChI=1S/C13H18ClN/c1-2-15-13-8-5-11(9-13)10-3-6-12(14)7-4-10/h3-4,6-7,11,13,15H,2,5,8-9H2,1H3. The van der Waals surface area contributed by atoms with Crippen molar-refractivity contribution in [3.05, 3.63) is 34.9 Å². The van der Waals surface area contributed by atoms with Crippen LogP contribution in [0.4, 0.5) is 0 Å². The second-order valence-corrected chi connectivity index (χ2v) is 4.75. The molecule has 1 aliphatic carbocycles. The Hall–Kier alpha value is -0.530. The fourth-order valence-corrected chi connectivity index (χ4v) is 2.62. The lowest BCUT2D eigenvalue weighted by Crippen LogP contribution is -2.25. The van der Waals surface area contributed by atoms with E-state index < -0.39 is 0 Å². The van der Waals surface area contributed by atoms with E-state index in [0.29, 0.717) is 0 Å². The first-order valence-electron chi connectivity index (χ1n) is 5.78. The van der Waals surface area contributed by atoms with Crippen molar-refractivity contribution in [2.75, 3.05) is 6.54 Å². The molecule has 1 saturated carbocycles. The number of halogens is 1. The fraction of sp³-hybridized carbons (Fsp3) is 0.538. The van der Waals surface area contributed by atoms with Gasteiger partial charge in [-0.1, -0.05) is 30.7 Å². The summed E-state index contributed by atoms with van der Waals surface area (Å²) >= 11 is 5.88. The van der Waals surface area contributed by atoms with Gasteiger partial charge in [-0.05, 0) is 49.4 Å². The molecular weight excluding hydrogens is 206 g/mol. The monoisotopic (exact) mass is 223 g/mol. The molecule has 1 aromatic carbocycles. The van der Waals surface area contributed by atoms with Crippen molar-refractivity contribution >= 4 is 11.6 Å². The SMILES string of the molecule is CCNC1CCC(c2ccc(Cl)cc2)C1. The summed E-state index contributed by atoms with van der Waals surface area (Å²) < 4.78 is 0. The highest BCUT2D eigenvalue weighted by Crippen LogP contribution is 2.34. The maximum Gasteiger partial charge on any atom is 0.0406 e. The van der Waals surface area contributed by atoms with Crippen LogP contribution in [0.1, 0.15) is 37.7 Å². The zero-order chi connectivity index (χ0) is 10.7. The summed E-state index contributed by atoms with van der Waals surface area (Å²) in [6, 6.07) is 9.05. The lowest BCUT2D eigenvalue weighted by molar-refractivity contribution is 0.535. The zero-order valence-corrected chi connectivity index (χ0v) is 9.93. The molecule has 0 saturated heterocycles. The largest absolute Gasteiger partial charge is 0.314 e. The summed E-state index contributed by atoms with van der Waals surface area (Å²) in [5.74, 6) is 0.728. The number of hydrogen-bond donors (Lipinski definition) is 1. The van der Waals surface area contributed by atoms with E-state index in [2.05, 4.69) is 24.4 Å². The van der Waals surface area contributed by atoms with Gasteiger partial charge < -0.3 is 5.32 Å². The predicted molar refractivity (Wildman–Crippen MR) is 65.5 cm³/mol. The lowest BCUT2D eigenvalue weighted by atomic mass is 9.98. The Morgan fingerprint density at radius 2 is 2.00 bits per heavy atom. The molecule has 82 valence electrons. The van der Waals surface area contributed by atoms with Gasteiger partial charge in [-0.25, -0.2) is 0 Å². The molecule has 15 heavy (non-hydrogen) atoms. The van der Waals surface area contributed by atoms with E-state index in [9.17, 15) is 0 Å². The van der Waals surface area contributed by atoms with Gasteiger partial charge >= 0.3 is 0 Å². The highest BCUT2D eigenvalue weighted by molar-refractivity contribution is 6.30. The molecule has 1 aliphatic rings. The average Bonchev–Trinajstić information content (AvgIpc) is 2.68. The molecule has 2 heteroatoms. The van der Waals surface area contributed by atoms with Crippen LogP contribution >= 0.6 is 11.6 Å². The molecule has 2 atom stereocenters. The molecule has 2 unspecified atom stereocenters. The van der Waals surface area contributed by atoms with Gasteiger partial charge in [0.2, 0.25) is 0 Å². The average molecular weight is 224 g/mol. The minimum atomic E-state index is 0.718. The highest BCUT2D eigenvalue weighted by atomic mass is 35.5. The second kappa shape index (κ2) is 5.00. The van der Waals surface area contributed by atoms with Crippen LogP contribution in [0.2, 0.25) is 5.02 Å². The molecule has 1 fully saturated rings. The van der Waals surface area contributed by atoms with Gasteiger partial charge in [0, 0.05) is 11.1 Å². The number of rotatable bonds is 3. The Bertz CT molecular complexity index is 307. The Morgan fingerprint density at radius 3 is 2.67 bits per heavy atom. The Balaban J connectivity index is 1.98. The molecule has 0 spiro atoms. The van der Waals surface area contributed by atoms with Crippen molar-refractivity contribution in [1.82, 2.24) is 5.32 Å². The number of nitrogens with one attached hydrogen (secondary N) is 1. The maximum atomic E-state index is 5.88. The minimum absolute atomic E-state index is 0.718. The molecule has 0 radical (unpaired) electrons. The van der Waals surface area contributed by atoms with Crippen molar-refractivity contribution < 1.29 is 0 Å². The van der Waals surface area contributed by atoms with Crippen LogP contribution in [0, 0.1) is 0 Å². The molecule has 0 bridgehead atoms. The predicted octanol–water partition coefficient (Wildman–Crippen LogP) is 3.59. The summed E-state index contributed by atoms with van der Waals surface area (Å²) in [6.07, 6.45) is 3.88. The summed E-state index contributed by atoms with van der Waals surface area (Å²) in [5, 5.41) is 4.36. The Labute approximate surface area is 96.8 Å². The van der Waals surface area contributed by atoms with E-state index >= 15 is 0 Å². The quantitative estimate of drug-likeness (QED) is 0.826. The first-order chi connectivity index (χ1) is 7.29. The van der Waals surface area contributed by atoms with Crippen LogP contribution < -0.4 is 5.32 Å². The van der Waals surface area contributed by atoms with Crippen LogP contribution in [-0.4, -0.2) is 12.6 Å². The van der Waals surface area contributed by atoms with Gasteiger partial charge in [0.15, 0.2) is 0 Å². The minimum Gasteiger partial charge on any atom is -0.314 e. The van der Waals surface area contributed by atoms with E-state index in [1.165, 1.54) is 24.8 Å². The Kier molecular flexibility index (Phi) is 3.66. The zero-order valence-electron chi connectivity index (χ0n) is 9.17. The molecule has 1 nitrogen and oxygen atoms in total. The first-order valence-corrected chi connectivity index (χ1v) is 6.16. The van der Waals surface area contributed by atoms with Crippen molar-refractivity contribution in [2.24, 2.45) is 0 Å². The lowest BCUT2D eigenvalue weighted by Gasteiger charge is -2.12. The third kappa shape index (κ3) is 2.73. The van der Waals surface area contributed by atoms with Gasteiger partial charge in [0.25, 0.3) is 0 Å². The summed E-state index contributed by atoms with van der Waals surface area (Å²) in [4.78, 5) is 0. The van der Waals surface area contributed by atoms with E-state index in [4.69, 9.17) is 11.6 Å². The second-order valence-electron chi connectivity index (χ2n) is 4.32. The van der Waals surface area contributed by atoms with Crippen LogP contribution in [0.3, 0.4) is 0 Å². The van der Waals surface area contributed by atoms with E-state index in [-0.39, 0.29) is 0 Å². The molecule has 0 aromatic heterocycles. The van der Waals surface area contributed by atoms with Gasteiger partial charge in [0.1, 0.15) is 0 Å².